The van der Waals surface area contributed by atoms with E-state index in [0.29, 0.717) is 5.92 Å². The van der Waals surface area contributed by atoms with Gasteiger partial charge in [0.1, 0.15) is 11.3 Å². The third-order valence-corrected chi connectivity index (χ3v) is 3.98. The third-order valence-electron chi connectivity index (χ3n) is 3.98. The molecular weight excluding hydrogens is 238 g/mol. The number of fused-ring (bicyclic) bond motifs is 1. The average molecular weight is 259 g/mol. The standard InChI is InChI=1S/C16H21NO2/c1-11-3-4-15-13(7-11)9-16(19-15)14(17-2)8-12-5-6-18-10-12/h3-4,7,9,12,14,17H,5-6,8,10H2,1-2H3. The van der Waals surface area contributed by atoms with E-state index in [0.717, 1.165) is 37.4 Å². The van der Waals surface area contributed by atoms with Crippen molar-refractivity contribution in [3.8, 4) is 0 Å². The summed E-state index contributed by atoms with van der Waals surface area (Å²) in [6, 6.07) is 8.76. The van der Waals surface area contributed by atoms with E-state index >= 15 is 0 Å². The second-order valence-corrected chi connectivity index (χ2v) is 5.50. The number of furan rings is 1. The number of rotatable bonds is 4. The molecule has 2 atom stereocenters. The molecule has 102 valence electrons. The normalized spacial score (nSPS) is 21.1. The second kappa shape index (κ2) is 5.35. The van der Waals surface area contributed by atoms with Gasteiger partial charge in [0.2, 0.25) is 0 Å². The van der Waals surface area contributed by atoms with Crippen LogP contribution in [0, 0.1) is 12.8 Å². The maximum absolute atomic E-state index is 5.98. The van der Waals surface area contributed by atoms with Crippen LogP contribution in [-0.2, 0) is 4.74 Å². The van der Waals surface area contributed by atoms with Crippen molar-refractivity contribution in [3.05, 3.63) is 35.6 Å². The predicted molar refractivity (Wildman–Crippen MR) is 76.3 cm³/mol. The number of aryl methyl sites for hydroxylation is 1. The van der Waals surface area contributed by atoms with Crippen LogP contribution in [0.5, 0.6) is 0 Å². The Morgan fingerprint density at radius 3 is 3.00 bits per heavy atom. The van der Waals surface area contributed by atoms with Gasteiger partial charge >= 0.3 is 0 Å². The van der Waals surface area contributed by atoms with E-state index in [1.807, 2.05) is 7.05 Å². The quantitative estimate of drug-likeness (QED) is 0.913. The van der Waals surface area contributed by atoms with Gasteiger partial charge in [-0.15, -0.1) is 0 Å². The largest absolute Gasteiger partial charge is 0.459 e. The average Bonchev–Trinajstić information content (AvgIpc) is 3.03. The molecule has 0 amide bonds. The van der Waals surface area contributed by atoms with Gasteiger partial charge in [-0.1, -0.05) is 11.6 Å². The fourth-order valence-corrected chi connectivity index (χ4v) is 2.83. The summed E-state index contributed by atoms with van der Waals surface area (Å²) in [5.41, 5.74) is 2.24. The predicted octanol–water partition coefficient (Wildman–Crippen LogP) is 3.43. The Hall–Kier alpha value is -1.32. The number of ether oxygens (including phenoxy) is 1. The second-order valence-electron chi connectivity index (χ2n) is 5.50. The highest BCUT2D eigenvalue weighted by molar-refractivity contribution is 5.78. The SMILES string of the molecule is CNC(CC1CCOC1)c1cc2cc(C)ccc2o1. The maximum Gasteiger partial charge on any atom is 0.134 e. The zero-order valence-electron chi connectivity index (χ0n) is 11.6. The first-order valence-electron chi connectivity index (χ1n) is 7.01. The Morgan fingerprint density at radius 2 is 2.26 bits per heavy atom. The van der Waals surface area contributed by atoms with E-state index < -0.39 is 0 Å². The smallest absolute Gasteiger partial charge is 0.134 e. The van der Waals surface area contributed by atoms with Crippen molar-refractivity contribution in [1.82, 2.24) is 5.32 Å². The molecular formula is C16H21NO2. The van der Waals surface area contributed by atoms with Gasteiger partial charge in [-0.3, -0.25) is 0 Å². The molecule has 2 aromatic rings. The Labute approximate surface area is 113 Å². The molecule has 1 N–H and O–H groups in total. The summed E-state index contributed by atoms with van der Waals surface area (Å²) in [6.45, 7) is 3.90. The molecule has 1 aromatic heterocycles. The Kier molecular flexibility index (Phi) is 3.58. The van der Waals surface area contributed by atoms with Gasteiger partial charge in [-0.05, 0) is 50.9 Å². The van der Waals surface area contributed by atoms with Crippen molar-refractivity contribution in [1.29, 1.82) is 0 Å². The molecule has 0 saturated carbocycles. The number of benzene rings is 1. The van der Waals surface area contributed by atoms with E-state index in [1.165, 1.54) is 10.9 Å². The molecule has 0 spiro atoms. The molecule has 3 nitrogen and oxygen atoms in total. The summed E-state index contributed by atoms with van der Waals surface area (Å²) in [7, 11) is 2.00. The fourth-order valence-electron chi connectivity index (χ4n) is 2.83. The molecule has 3 heteroatoms. The Balaban J connectivity index is 1.83. The zero-order valence-corrected chi connectivity index (χ0v) is 11.6. The van der Waals surface area contributed by atoms with Crippen LogP contribution in [0.25, 0.3) is 11.0 Å². The molecule has 1 fully saturated rings. The minimum Gasteiger partial charge on any atom is -0.459 e. The summed E-state index contributed by atoms with van der Waals surface area (Å²) in [5.74, 6) is 1.68. The Bertz CT molecular complexity index is 555. The van der Waals surface area contributed by atoms with Crippen molar-refractivity contribution in [2.45, 2.75) is 25.8 Å². The minimum absolute atomic E-state index is 0.277. The van der Waals surface area contributed by atoms with Crippen molar-refractivity contribution in [2.75, 3.05) is 20.3 Å². The van der Waals surface area contributed by atoms with Gasteiger partial charge in [0.25, 0.3) is 0 Å². The lowest BCUT2D eigenvalue weighted by Gasteiger charge is -2.16. The highest BCUT2D eigenvalue weighted by atomic mass is 16.5. The van der Waals surface area contributed by atoms with E-state index in [4.69, 9.17) is 9.15 Å². The van der Waals surface area contributed by atoms with Crippen LogP contribution in [0.3, 0.4) is 0 Å². The van der Waals surface area contributed by atoms with Gasteiger partial charge in [0.15, 0.2) is 0 Å². The van der Waals surface area contributed by atoms with Gasteiger partial charge in [0, 0.05) is 18.6 Å². The van der Waals surface area contributed by atoms with Crippen LogP contribution < -0.4 is 5.32 Å². The van der Waals surface area contributed by atoms with Crippen LogP contribution >= 0.6 is 0 Å². The van der Waals surface area contributed by atoms with Crippen LogP contribution in [-0.4, -0.2) is 20.3 Å². The van der Waals surface area contributed by atoms with E-state index in [-0.39, 0.29) is 6.04 Å². The Morgan fingerprint density at radius 1 is 1.37 bits per heavy atom. The van der Waals surface area contributed by atoms with Crippen molar-refractivity contribution < 1.29 is 9.15 Å². The zero-order chi connectivity index (χ0) is 13.2. The topological polar surface area (TPSA) is 34.4 Å². The van der Waals surface area contributed by atoms with Gasteiger partial charge in [0.05, 0.1) is 6.04 Å². The lowest BCUT2D eigenvalue weighted by Crippen LogP contribution is -2.19. The molecule has 3 rings (SSSR count). The fraction of sp³-hybridized carbons (Fsp3) is 0.500. The molecule has 1 aromatic carbocycles. The summed E-state index contributed by atoms with van der Waals surface area (Å²) >= 11 is 0. The summed E-state index contributed by atoms with van der Waals surface area (Å²) in [6.07, 6.45) is 2.24. The highest BCUT2D eigenvalue weighted by Gasteiger charge is 2.23. The molecule has 0 bridgehead atoms. The molecule has 2 heterocycles. The van der Waals surface area contributed by atoms with Crippen LogP contribution in [0.4, 0.5) is 0 Å². The van der Waals surface area contributed by atoms with Gasteiger partial charge in [-0.25, -0.2) is 0 Å². The minimum atomic E-state index is 0.277. The van der Waals surface area contributed by atoms with E-state index in [2.05, 4.69) is 36.5 Å². The monoisotopic (exact) mass is 259 g/mol. The third kappa shape index (κ3) is 2.67. The molecule has 1 aliphatic rings. The number of hydrogen-bond acceptors (Lipinski definition) is 3. The van der Waals surface area contributed by atoms with Crippen LogP contribution in [0.2, 0.25) is 0 Å². The van der Waals surface area contributed by atoms with Crippen LogP contribution in [0.1, 0.15) is 30.2 Å². The van der Waals surface area contributed by atoms with E-state index in [1.54, 1.807) is 0 Å². The summed E-state index contributed by atoms with van der Waals surface area (Å²) < 4.78 is 11.4. The highest BCUT2D eigenvalue weighted by Crippen LogP contribution is 2.30. The maximum atomic E-state index is 5.98. The lowest BCUT2D eigenvalue weighted by molar-refractivity contribution is 0.181. The number of hydrogen-bond donors (Lipinski definition) is 1. The summed E-state index contributed by atoms with van der Waals surface area (Å²) in [4.78, 5) is 0. The van der Waals surface area contributed by atoms with Crippen molar-refractivity contribution >= 4 is 11.0 Å². The summed E-state index contributed by atoms with van der Waals surface area (Å²) in [5, 5.41) is 4.56. The molecule has 0 radical (unpaired) electrons. The van der Waals surface area contributed by atoms with Crippen LogP contribution in [0.15, 0.2) is 28.7 Å². The first kappa shape index (κ1) is 12.7. The van der Waals surface area contributed by atoms with Crippen molar-refractivity contribution in [3.63, 3.8) is 0 Å². The van der Waals surface area contributed by atoms with Crippen molar-refractivity contribution in [2.24, 2.45) is 5.92 Å². The molecule has 0 aliphatic carbocycles. The van der Waals surface area contributed by atoms with Gasteiger partial charge in [-0.2, -0.15) is 0 Å². The number of nitrogens with one attached hydrogen (secondary N) is 1. The molecule has 19 heavy (non-hydrogen) atoms. The first-order chi connectivity index (χ1) is 9.26. The molecule has 2 unspecified atom stereocenters. The first-order valence-corrected chi connectivity index (χ1v) is 7.01. The van der Waals surface area contributed by atoms with E-state index in [9.17, 15) is 0 Å². The van der Waals surface area contributed by atoms with Gasteiger partial charge < -0.3 is 14.5 Å². The molecule has 1 aliphatic heterocycles. The molecule has 1 saturated heterocycles. The lowest BCUT2D eigenvalue weighted by atomic mass is 9.97.